The normalized spacial score (nSPS) is 14.7. The molecule has 4 nitrogen and oxygen atoms in total. The summed E-state index contributed by atoms with van der Waals surface area (Å²) in [6.07, 6.45) is 0.397. The molecule has 0 aromatic heterocycles. The van der Waals surface area contributed by atoms with Crippen molar-refractivity contribution in [1.29, 1.82) is 0 Å². The van der Waals surface area contributed by atoms with Crippen LogP contribution in [0.1, 0.15) is 65.2 Å². The van der Waals surface area contributed by atoms with E-state index >= 15 is 0 Å². The number of phenolic OH excluding ortho intramolecular Hbond substituents is 1. The highest BCUT2D eigenvalue weighted by Gasteiger charge is 2.26. The number of aliphatic hydroxyl groups excluding tert-OH is 1. The van der Waals surface area contributed by atoms with E-state index in [0.29, 0.717) is 5.56 Å². The third-order valence-electron chi connectivity index (χ3n) is 3.77. The fourth-order valence-electron chi connectivity index (χ4n) is 2.42. The highest BCUT2D eigenvalue weighted by atomic mass is 16.4. The molecule has 1 unspecified atom stereocenters. The molecule has 0 spiro atoms. The number of aromatic hydroxyl groups is 1. The van der Waals surface area contributed by atoms with Gasteiger partial charge < -0.3 is 15.3 Å². The fourth-order valence-corrected chi connectivity index (χ4v) is 2.42. The van der Waals surface area contributed by atoms with Gasteiger partial charge in [-0.1, -0.05) is 41.5 Å². The molecule has 0 saturated carbocycles. The van der Waals surface area contributed by atoms with Gasteiger partial charge in [0.05, 0.1) is 11.7 Å². The predicted molar refractivity (Wildman–Crippen MR) is 92.8 cm³/mol. The molecule has 1 rings (SSSR count). The minimum atomic E-state index is -1.15. The first-order valence-corrected chi connectivity index (χ1v) is 7.76. The van der Waals surface area contributed by atoms with Crippen LogP contribution in [0.5, 0.6) is 5.75 Å². The first-order chi connectivity index (χ1) is 10.2. The van der Waals surface area contributed by atoms with E-state index in [9.17, 15) is 20.1 Å². The average Bonchev–Trinajstić information content (AvgIpc) is 2.33. The maximum absolute atomic E-state index is 11.3. The Morgan fingerprint density at radius 2 is 1.43 bits per heavy atom. The van der Waals surface area contributed by atoms with Crippen LogP contribution in [0.15, 0.2) is 17.7 Å². The summed E-state index contributed by atoms with van der Waals surface area (Å²) < 4.78 is 0. The predicted octanol–water partition coefficient (Wildman–Crippen LogP) is 3.84. The molecule has 0 saturated heterocycles. The van der Waals surface area contributed by atoms with Crippen LogP contribution >= 0.6 is 0 Å². The number of hydrogen-bond acceptors (Lipinski definition) is 3. The number of carboxylic acid groups (broad SMARTS) is 1. The number of benzene rings is 1. The molecule has 23 heavy (non-hydrogen) atoms. The van der Waals surface area contributed by atoms with E-state index in [1.54, 1.807) is 12.1 Å². The van der Waals surface area contributed by atoms with Crippen LogP contribution in [0.3, 0.4) is 0 Å². The summed E-state index contributed by atoms with van der Waals surface area (Å²) >= 11 is 0. The molecule has 0 fully saturated rings. The highest BCUT2D eigenvalue weighted by molar-refractivity contribution is 5.93. The van der Waals surface area contributed by atoms with Gasteiger partial charge in [0.1, 0.15) is 5.75 Å². The van der Waals surface area contributed by atoms with E-state index in [0.717, 1.165) is 11.1 Å². The maximum atomic E-state index is 11.3. The van der Waals surface area contributed by atoms with Gasteiger partial charge >= 0.3 is 5.97 Å². The Kier molecular flexibility index (Phi) is 5.32. The third-order valence-corrected chi connectivity index (χ3v) is 3.77. The molecule has 4 heteroatoms. The second kappa shape index (κ2) is 6.36. The van der Waals surface area contributed by atoms with Crippen LogP contribution in [-0.4, -0.2) is 27.4 Å². The lowest BCUT2D eigenvalue weighted by Crippen LogP contribution is -2.18. The fraction of sp³-hybridized carbons (Fsp3) is 0.526. The zero-order valence-corrected chi connectivity index (χ0v) is 15.1. The average molecular weight is 320 g/mol. The quantitative estimate of drug-likeness (QED) is 0.740. The van der Waals surface area contributed by atoms with Crippen molar-refractivity contribution in [3.63, 3.8) is 0 Å². The first-order valence-electron chi connectivity index (χ1n) is 7.76. The number of hydrogen-bond donors (Lipinski definition) is 3. The van der Waals surface area contributed by atoms with Gasteiger partial charge in [-0.3, -0.25) is 0 Å². The summed E-state index contributed by atoms with van der Waals surface area (Å²) in [5.74, 6) is -0.904. The summed E-state index contributed by atoms with van der Waals surface area (Å²) in [5, 5.41) is 29.5. The van der Waals surface area contributed by atoms with Crippen molar-refractivity contribution >= 4 is 12.0 Å². The first kappa shape index (κ1) is 19.2. The monoisotopic (exact) mass is 320 g/mol. The summed E-state index contributed by atoms with van der Waals surface area (Å²) in [5.41, 5.74) is 1.52. The van der Waals surface area contributed by atoms with E-state index in [1.807, 2.05) is 41.5 Å². The lowest BCUT2D eigenvalue weighted by molar-refractivity contribution is -0.133. The second-order valence-corrected chi connectivity index (χ2v) is 8.05. The zero-order valence-electron chi connectivity index (χ0n) is 15.1. The molecule has 0 heterocycles. The van der Waals surface area contributed by atoms with Gasteiger partial charge in [0.2, 0.25) is 0 Å². The minimum Gasteiger partial charge on any atom is -0.507 e. The summed E-state index contributed by atoms with van der Waals surface area (Å²) in [4.78, 5) is 11.3. The number of phenols is 1. The van der Waals surface area contributed by atoms with Crippen molar-refractivity contribution < 1.29 is 20.1 Å². The number of rotatable bonds is 3. The van der Waals surface area contributed by atoms with Gasteiger partial charge in [-0.05, 0) is 41.5 Å². The smallest absolute Gasteiger partial charge is 0.334 e. The van der Waals surface area contributed by atoms with Crippen molar-refractivity contribution in [3.05, 3.63) is 34.4 Å². The van der Waals surface area contributed by atoms with Crippen LogP contribution in [-0.2, 0) is 15.6 Å². The molecule has 1 atom stereocenters. The van der Waals surface area contributed by atoms with Crippen molar-refractivity contribution in [2.45, 2.75) is 65.4 Å². The van der Waals surface area contributed by atoms with Crippen molar-refractivity contribution in [2.75, 3.05) is 0 Å². The van der Waals surface area contributed by atoms with Crippen molar-refractivity contribution in [1.82, 2.24) is 0 Å². The zero-order chi connectivity index (χ0) is 18.2. The molecule has 0 radical (unpaired) electrons. The molecule has 0 amide bonds. The van der Waals surface area contributed by atoms with Gasteiger partial charge in [0, 0.05) is 11.1 Å². The standard InChI is InChI=1S/C19H28O4/c1-11(20)13(17(22)23)8-12-9-14(18(2,3)4)16(21)15(10-12)19(5,6)7/h8-11,20-21H,1-7H3,(H,22,23). The van der Waals surface area contributed by atoms with Gasteiger partial charge in [0.25, 0.3) is 0 Å². The SMILES string of the molecule is CC(O)C(=Cc1cc(C(C)(C)C)c(O)c(C(C)(C)C)c1)C(=O)O. The summed E-state index contributed by atoms with van der Waals surface area (Å²) in [6.45, 7) is 13.4. The molecular formula is C19H28O4. The van der Waals surface area contributed by atoms with Crippen molar-refractivity contribution in [2.24, 2.45) is 0 Å². The Bertz CT molecular complexity index is 591. The number of carbonyl (C=O) groups is 1. The Balaban J connectivity index is 3.69. The Hall–Kier alpha value is -1.81. The topological polar surface area (TPSA) is 77.8 Å². The Morgan fingerprint density at radius 1 is 1.04 bits per heavy atom. The number of aliphatic hydroxyl groups is 1. The molecule has 128 valence electrons. The van der Waals surface area contributed by atoms with Crippen LogP contribution < -0.4 is 0 Å². The molecule has 1 aromatic rings. The molecule has 3 N–H and O–H groups in total. The number of aliphatic carboxylic acids is 1. The minimum absolute atomic E-state index is 0.0737. The van der Waals surface area contributed by atoms with Crippen LogP contribution in [0.4, 0.5) is 0 Å². The molecule has 1 aromatic carbocycles. The van der Waals surface area contributed by atoms with E-state index < -0.39 is 12.1 Å². The summed E-state index contributed by atoms with van der Waals surface area (Å²) in [7, 11) is 0. The molecule has 0 aliphatic rings. The Morgan fingerprint density at radius 3 is 1.70 bits per heavy atom. The van der Waals surface area contributed by atoms with E-state index in [2.05, 4.69) is 0 Å². The van der Waals surface area contributed by atoms with Crippen LogP contribution in [0, 0.1) is 0 Å². The van der Waals surface area contributed by atoms with Crippen LogP contribution in [0.25, 0.3) is 6.08 Å². The molecular weight excluding hydrogens is 292 g/mol. The summed E-state index contributed by atoms with van der Waals surface area (Å²) in [6, 6.07) is 3.58. The third kappa shape index (κ3) is 4.58. The van der Waals surface area contributed by atoms with Gasteiger partial charge in [-0.25, -0.2) is 4.79 Å². The highest BCUT2D eigenvalue weighted by Crippen LogP contribution is 2.40. The maximum Gasteiger partial charge on any atom is 0.334 e. The van der Waals surface area contributed by atoms with Crippen molar-refractivity contribution in [3.8, 4) is 5.75 Å². The van der Waals surface area contributed by atoms with Gasteiger partial charge in [-0.15, -0.1) is 0 Å². The second-order valence-electron chi connectivity index (χ2n) is 8.05. The van der Waals surface area contributed by atoms with E-state index in [1.165, 1.54) is 13.0 Å². The van der Waals surface area contributed by atoms with E-state index in [4.69, 9.17) is 0 Å². The lowest BCUT2D eigenvalue weighted by atomic mass is 9.78. The van der Waals surface area contributed by atoms with Gasteiger partial charge in [-0.2, -0.15) is 0 Å². The largest absolute Gasteiger partial charge is 0.507 e. The molecule has 0 aliphatic heterocycles. The molecule has 0 aliphatic carbocycles. The van der Waals surface area contributed by atoms with Crippen LogP contribution in [0.2, 0.25) is 0 Å². The van der Waals surface area contributed by atoms with E-state index in [-0.39, 0.29) is 22.2 Å². The number of carboxylic acids is 1. The van der Waals surface area contributed by atoms with Gasteiger partial charge in [0.15, 0.2) is 0 Å². The Labute approximate surface area is 138 Å². The molecule has 0 bridgehead atoms. The lowest BCUT2D eigenvalue weighted by Gasteiger charge is -2.28.